The summed E-state index contributed by atoms with van der Waals surface area (Å²) in [5, 5.41) is 7.31. The van der Waals surface area contributed by atoms with Crippen molar-refractivity contribution in [3.8, 4) is 0 Å². The topological polar surface area (TPSA) is 98.2 Å². The lowest BCUT2D eigenvalue weighted by Gasteiger charge is -2.06. The molecule has 0 saturated heterocycles. The first-order valence-corrected chi connectivity index (χ1v) is 10.2. The molecule has 0 aliphatic carbocycles. The molecule has 1 amide bonds. The summed E-state index contributed by atoms with van der Waals surface area (Å²) in [7, 11) is 0. The number of aromatic nitrogens is 3. The van der Waals surface area contributed by atoms with Gasteiger partial charge in [-0.1, -0.05) is 36.4 Å². The van der Waals surface area contributed by atoms with Gasteiger partial charge in [-0.2, -0.15) is 9.78 Å². The predicted octanol–water partition coefficient (Wildman–Crippen LogP) is 4.75. The van der Waals surface area contributed by atoms with Crippen LogP contribution in [0.4, 0.5) is 15.9 Å². The molecule has 0 atom stereocenters. The number of halogens is 1. The summed E-state index contributed by atoms with van der Waals surface area (Å²) in [5.74, 6) is -0.655. The quantitative estimate of drug-likeness (QED) is 0.396. The molecule has 2 heterocycles. The van der Waals surface area contributed by atoms with Gasteiger partial charge in [-0.3, -0.25) is 4.79 Å². The highest BCUT2D eigenvalue weighted by atomic mass is 19.1. The molecule has 162 valence electrons. The number of hydrogen-bond acceptors (Lipinski definition) is 5. The summed E-state index contributed by atoms with van der Waals surface area (Å²) in [5.41, 5.74) is 10.9. The van der Waals surface area contributed by atoms with Gasteiger partial charge in [0.05, 0.1) is 17.2 Å². The molecule has 3 N–H and O–H groups in total. The van der Waals surface area contributed by atoms with Crippen LogP contribution in [0.15, 0.2) is 77.9 Å². The SMILES string of the molecule is Cc1cccc(NC(=O)c2c(N)n(/N=C\c3ccc(F)cc3)c3nc4ccccc4nc23)c1. The van der Waals surface area contributed by atoms with Crippen molar-refractivity contribution in [2.45, 2.75) is 6.92 Å². The van der Waals surface area contributed by atoms with Crippen LogP contribution in [-0.4, -0.2) is 26.8 Å². The normalized spacial score (nSPS) is 11.5. The second kappa shape index (κ2) is 8.16. The van der Waals surface area contributed by atoms with Crippen LogP contribution in [0.1, 0.15) is 21.5 Å². The Kier molecular flexibility index (Phi) is 5.02. The van der Waals surface area contributed by atoms with Gasteiger partial charge in [0.1, 0.15) is 22.7 Å². The molecule has 0 aliphatic heterocycles. The predicted molar refractivity (Wildman–Crippen MR) is 128 cm³/mol. The third-order valence-corrected chi connectivity index (χ3v) is 5.17. The fourth-order valence-electron chi connectivity index (χ4n) is 3.58. The molecule has 3 aromatic carbocycles. The van der Waals surface area contributed by atoms with Gasteiger partial charge >= 0.3 is 0 Å². The fourth-order valence-corrected chi connectivity index (χ4v) is 3.58. The number of nitrogens with one attached hydrogen (secondary N) is 1. The maximum atomic E-state index is 13.3. The van der Waals surface area contributed by atoms with Gasteiger partial charge in [-0.05, 0) is 54.4 Å². The molecule has 0 spiro atoms. The molecule has 2 aromatic heterocycles. The van der Waals surface area contributed by atoms with Crippen molar-refractivity contribution in [1.29, 1.82) is 0 Å². The number of anilines is 2. The van der Waals surface area contributed by atoms with Crippen molar-refractivity contribution in [2.24, 2.45) is 5.10 Å². The summed E-state index contributed by atoms with van der Waals surface area (Å²) < 4.78 is 14.6. The molecular weight excluding hydrogens is 419 g/mol. The lowest BCUT2D eigenvalue weighted by atomic mass is 10.2. The average Bonchev–Trinajstić information content (AvgIpc) is 3.07. The molecular formula is C25H19FN6O. The van der Waals surface area contributed by atoms with E-state index in [9.17, 15) is 9.18 Å². The van der Waals surface area contributed by atoms with Crippen LogP contribution in [0.5, 0.6) is 0 Å². The van der Waals surface area contributed by atoms with E-state index in [1.54, 1.807) is 18.2 Å². The Balaban J connectivity index is 1.66. The standard InChI is InChI=1S/C25H19FN6O/c1-15-5-4-6-18(13-15)29-25(33)21-22-24(31-20-8-3-2-7-19(20)30-22)32(23(21)27)28-14-16-9-11-17(26)12-10-16/h2-14H,27H2,1H3,(H,29,33)/b28-14-. The Morgan fingerprint density at radius 1 is 1.03 bits per heavy atom. The molecule has 0 fully saturated rings. The number of nitrogens with two attached hydrogens (primary N) is 1. The molecule has 0 saturated carbocycles. The number of nitrogens with zero attached hydrogens (tertiary/aromatic N) is 4. The zero-order valence-corrected chi connectivity index (χ0v) is 17.7. The van der Waals surface area contributed by atoms with E-state index in [4.69, 9.17) is 5.73 Å². The first-order chi connectivity index (χ1) is 16.0. The number of aryl methyl sites for hydroxylation is 1. The molecule has 5 rings (SSSR count). The van der Waals surface area contributed by atoms with Crippen molar-refractivity contribution in [2.75, 3.05) is 11.1 Å². The maximum Gasteiger partial charge on any atom is 0.261 e. The number of hydrogen-bond donors (Lipinski definition) is 2. The highest BCUT2D eigenvalue weighted by Crippen LogP contribution is 2.28. The van der Waals surface area contributed by atoms with Gasteiger partial charge in [0.2, 0.25) is 0 Å². The summed E-state index contributed by atoms with van der Waals surface area (Å²) in [4.78, 5) is 22.6. The van der Waals surface area contributed by atoms with Gasteiger partial charge < -0.3 is 11.1 Å². The number of carbonyl (C=O) groups excluding carboxylic acids is 1. The third-order valence-electron chi connectivity index (χ3n) is 5.17. The highest BCUT2D eigenvalue weighted by molar-refractivity contribution is 6.16. The molecule has 0 radical (unpaired) electrons. The summed E-state index contributed by atoms with van der Waals surface area (Å²) >= 11 is 0. The van der Waals surface area contributed by atoms with Gasteiger partial charge in [-0.15, -0.1) is 0 Å². The van der Waals surface area contributed by atoms with E-state index in [0.29, 0.717) is 33.4 Å². The van der Waals surface area contributed by atoms with Crippen LogP contribution in [-0.2, 0) is 0 Å². The van der Waals surface area contributed by atoms with E-state index in [2.05, 4.69) is 20.4 Å². The number of benzene rings is 3. The number of carbonyl (C=O) groups is 1. The molecule has 0 bridgehead atoms. The Hall–Kier alpha value is -4.59. The molecule has 8 heteroatoms. The van der Waals surface area contributed by atoms with E-state index in [-0.39, 0.29) is 17.2 Å². The Bertz CT molecular complexity index is 1540. The Morgan fingerprint density at radius 2 is 1.76 bits per heavy atom. The lowest BCUT2D eigenvalue weighted by molar-refractivity contribution is 0.102. The first kappa shape index (κ1) is 20.3. The Morgan fingerprint density at radius 3 is 2.48 bits per heavy atom. The Labute approximate surface area is 188 Å². The van der Waals surface area contributed by atoms with Gasteiger partial charge in [-0.25, -0.2) is 14.4 Å². The minimum Gasteiger partial charge on any atom is -0.383 e. The molecule has 0 unspecified atom stereocenters. The van der Waals surface area contributed by atoms with Crippen LogP contribution in [0.2, 0.25) is 0 Å². The number of amides is 1. The monoisotopic (exact) mass is 438 g/mol. The third kappa shape index (κ3) is 3.89. The largest absolute Gasteiger partial charge is 0.383 e. The number of rotatable bonds is 4. The highest BCUT2D eigenvalue weighted by Gasteiger charge is 2.24. The number of fused-ring (bicyclic) bond motifs is 2. The van der Waals surface area contributed by atoms with Gasteiger partial charge in [0.25, 0.3) is 5.91 Å². The zero-order chi connectivity index (χ0) is 22.9. The van der Waals surface area contributed by atoms with Crippen molar-refractivity contribution in [3.05, 3.63) is 95.3 Å². The average molecular weight is 438 g/mol. The first-order valence-electron chi connectivity index (χ1n) is 10.2. The van der Waals surface area contributed by atoms with Crippen molar-refractivity contribution >= 4 is 45.8 Å². The van der Waals surface area contributed by atoms with Crippen LogP contribution in [0.3, 0.4) is 0 Å². The van der Waals surface area contributed by atoms with Crippen LogP contribution < -0.4 is 11.1 Å². The molecule has 5 aromatic rings. The minimum atomic E-state index is -0.414. The number of nitrogen functional groups attached to an aromatic ring is 1. The van der Waals surface area contributed by atoms with E-state index in [1.165, 1.54) is 23.0 Å². The second-order valence-electron chi connectivity index (χ2n) is 7.58. The van der Waals surface area contributed by atoms with Crippen molar-refractivity contribution in [3.63, 3.8) is 0 Å². The maximum absolute atomic E-state index is 13.3. The van der Waals surface area contributed by atoms with E-state index in [0.717, 1.165) is 5.56 Å². The second-order valence-corrected chi connectivity index (χ2v) is 7.58. The zero-order valence-electron chi connectivity index (χ0n) is 17.7. The molecule has 33 heavy (non-hydrogen) atoms. The van der Waals surface area contributed by atoms with Crippen molar-refractivity contribution in [1.82, 2.24) is 14.6 Å². The van der Waals surface area contributed by atoms with Crippen LogP contribution >= 0.6 is 0 Å². The fraction of sp³-hybridized carbons (Fsp3) is 0.0400. The smallest absolute Gasteiger partial charge is 0.261 e. The van der Waals surface area contributed by atoms with Crippen LogP contribution in [0, 0.1) is 12.7 Å². The van der Waals surface area contributed by atoms with Gasteiger partial charge in [0.15, 0.2) is 5.65 Å². The summed E-state index contributed by atoms with van der Waals surface area (Å²) in [6.07, 6.45) is 1.52. The van der Waals surface area contributed by atoms with Crippen molar-refractivity contribution < 1.29 is 9.18 Å². The van der Waals surface area contributed by atoms with Crippen LogP contribution in [0.25, 0.3) is 22.2 Å². The number of para-hydroxylation sites is 2. The van der Waals surface area contributed by atoms with E-state index in [1.807, 2.05) is 49.4 Å². The van der Waals surface area contributed by atoms with Gasteiger partial charge in [0, 0.05) is 5.69 Å². The molecule has 0 aliphatic rings. The summed E-state index contributed by atoms with van der Waals surface area (Å²) in [6.45, 7) is 1.94. The molecule has 7 nitrogen and oxygen atoms in total. The lowest BCUT2D eigenvalue weighted by Crippen LogP contribution is -2.14. The van der Waals surface area contributed by atoms with E-state index < -0.39 is 5.91 Å². The van der Waals surface area contributed by atoms with E-state index >= 15 is 0 Å². The minimum absolute atomic E-state index is 0.101. The summed E-state index contributed by atoms with van der Waals surface area (Å²) in [6, 6.07) is 20.7.